The van der Waals surface area contributed by atoms with E-state index in [1.165, 1.54) is 5.56 Å². The topological polar surface area (TPSA) is 85.9 Å². The molecule has 2 aliphatic heterocycles. The molecule has 0 bridgehead atoms. The van der Waals surface area contributed by atoms with E-state index in [1.54, 1.807) is 7.05 Å². The SMILES string of the molecule is CN=C[C@H]1C[C@H](C(=O)N2CCN(c3ccnn4cc(-c5ccc(C6(OC)CCN([C@@H](C)CO)CC6)cc5)cc34)CC2)C1. The first-order valence-electron chi connectivity index (χ1n) is 15.4. The quantitative estimate of drug-likeness (QED) is 0.415. The first-order valence-corrected chi connectivity index (χ1v) is 15.4. The maximum atomic E-state index is 13.0. The summed E-state index contributed by atoms with van der Waals surface area (Å²) in [6, 6.07) is 13.3. The number of ether oxygens (including phenoxy) is 1. The Bertz CT molecular complexity index is 1400. The summed E-state index contributed by atoms with van der Waals surface area (Å²) in [5, 5.41) is 14.2. The zero-order valence-corrected chi connectivity index (χ0v) is 25.2. The van der Waals surface area contributed by atoms with Crippen molar-refractivity contribution in [2.75, 3.05) is 64.9 Å². The van der Waals surface area contributed by atoms with Crippen LogP contribution in [-0.4, -0.2) is 103 Å². The number of carbonyl (C=O) groups is 1. The zero-order valence-electron chi connectivity index (χ0n) is 25.2. The largest absolute Gasteiger partial charge is 0.395 e. The van der Waals surface area contributed by atoms with E-state index < -0.39 is 0 Å². The van der Waals surface area contributed by atoms with Gasteiger partial charge in [0, 0.05) is 89.6 Å². The van der Waals surface area contributed by atoms with Crippen LogP contribution in [0.5, 0.6) is 0 Å². The second-order valence-corrected chi connectivity index (χ2v) is 12.3. The molecule has 224 valence electrons. The number of aliphatic imine (C=N–C) groups is 1. The van der Waals surface area contributed by atoms with Crippen LogP contribution in [-0.2, 0) is 15.1 Å². The third-order valence-corrected chi connectivity index (χ3v) is 9.93. The fraction of sp³-hybridized carbons (Fsp3) is 0.545. The van der Waals surface area contributed by atoms with Crippen molar-refractivity contribution in [1.82, 2.24) is 19.4 Å². The molecule has 2 aromatic heterocycles. The van der Waals surface area contributed by atoms with Gasteiger partial charge in [-0.2, -0.15) is 5.10 Å². The number of piperazine rings is 1. The number of rotatable bonds is 8. The molecule has 4 heterocycles. The molecule has 3 aliphatic rings. The number of amides is 1. The van der Waals surface area contributed by atoms with Gasteiger partial charge in [-0.25, -0.2) is 4.52 Å². The number of methoxy groups -OCH3 is 1. The lowest BCUT2D eigenvalue weighted by atomic mass is 9.75. The maximum Gasteiger partial charge on any atom is 0.225 e. The van der Waals surface area contributed by atoms with E-state index in [9.17, 15) is 9.90 Å². The summed E-state index contributed by atoms with van der Waals surface area (Å²) < 4.78 is 8.09. The van der Waals surface area contributed by atoms with Crippen molar-refractivity contribution in [3.05, 3.63) is 54.4 Å². The predicted octanol–water partition coefficient (Wildman–Crippen LogP) is 3.70. The van der Waals surface area contributed by atoms with Crippen molar-refractivity contribution in [3.8, 4) is 11.1 Å². The van der Waals surface area contributed by atoms with Gasteiger partial charge in [-0.3, -0.25) is 9.69 Å². The van der Waals surface area contributed by atoms with Crippen LogP contribution in [0.15, 0.2) is 53.8 Å². The van der Waals surface area contributed by atoms with Crippen molar-refractivity contribution in [2.45, 2.75) is 44.2 Å². The van der Waals surface area contributed by atoms with Crippen LogP contribution in [0, 0.1) is 11.8 Å². The molecule has 1 aliphatic carbocycles. The van der Waals surface area contributed by atoms with E-state index in [2.05, 4.69) is 69.4 Å². The average Bonchev–Trinajstić information content (AvgIpc) is 3.47. The Kier molecular flexibility index (Phi) is 8.34. The Morgan fingerprint density at radius 2 is 1.81 bits per heavy atom. The number of aromatic nitrogens is 2. The minimum atomic E-state index is -0.294. The van der Waals surface area contributed by atoms with Gasteiger partial charge in [0.1, 0.15) is 0 Å². The Hall–Kier alpha value is -3.27. The Labute approximate surface area is 248 Å². The van der Waals surface area contributed by atoms with Crippen LogP contribution in [0.4, 0.5) is 5.69 Å². The molecular weight excluding hydrogens is 528 g/mol. The highest BCUT2D eigenvalue weighted by Crippen LogP contribution is 2.38. The molecule has 1 aromatic carbocycles. The van der Waals surface area contributed by atoms with Crippen molar-refractivity contribution in [1.29, 1.82) is 0 Å². The summed E-state index contributed by atoms with van der Waals surface area (Å²) >= 11 is 0. The summed E-state index contributed by atoms with van der Waals surface area (Å²) in [5.41, 5.74) is 5.42. The van der Waals surface area contributed by atoms with Gasteiger partial charge in [0.25, 0.3) is 0 Å². The molecule has 42 heavy (non-hydrogen) atoms. The van der Waals surface area contributed by atoms with Crippen molar-refractivity contribution in [2.24, 2.45) is 16.8 Å². The minimum absolute atomic E-state index is 0.160. The second kappa shape index (κ2) is 12.1. The van der Waals surface area contributed by atoms with Crippen molar-refractivity contribution < 1.29 is 14.6 Å². The normalized spacial score (nSPS) is 23.8. The molecule has 9 nitrogen and oxygen atoms in total. The fourth-order valence-electron chi connectivity index (χ4n) is 7.07. The molecular formula is C33H44N6O3. The third kappa shape index (κ3) is 5.45. The summed E-state index contributed by atoms with van der Waals surface area (Å²) in [6.45, 7) is 7.23. The van der Waals surface area contributed by atoms with Crippen LogP contribution in [0.3, 0.4) is 0 Å². The summed E-state index contributed by atoms with van der Waals surface area (Å²) in [6.07, 6.45) is 9.63. The number of aliphatic hydroxyl groups is 1. The zero-order chi connectivity index (χ0) is 29.3. The second-order valence-electron chi connectivity index (χ2n) is 12.3. The van der Waals surface area contributed by atoms with Crippen LogP contribution in [0.2, 0.25) is 0 Å². The summed E-state index contributed by atoms with van der Waals surface area (Å²) in [5.74, 6) is 0.938. The summed E-state index contributed by atoms with van der Waals surface area (Å²) in [4.78, 5) is 23.9. The van der Waals surface area contributed by atoms with Crippen LogP contribution >= 0.6 is 0 Å². The highest BCUT2D eigenvalue weighted by molar-refractivity contribution is 5.83. The van der Waals surface area contributed by atoms with Crippen LogP contribution < -0.4 is 4.90 Å². The number of nitrogens with zero attached hydrogens (tertiary/aromatic N) is 6. The third-order valence-electron chi connectivity index (χ3n) is 9.93. The van der Waals surface area contributed by atoms with E-state index in [0.717, 1.165) is 87.3 Å². The maximum absolute atomic E-state index is 13.0. The average molecular weight is 573 g/mol. The highest BCUT2D eigenvalue weighted by atomic mass is 16.5. The van der Waals surface area contributed by atoms with Gasteiger partial charge in [0.15, 0.2) is 0 Å². The molecule has 1 amide bonds. The first-order chi connectivity index (χ1) is 20.4. The summed E-state index contributed by atoms with van der Waals surface area (Å²) in [7, 11) is 3.62. The number of benzene rings is 1. The molecule has 0 radical (unpaired) electrons. The number of carbonyl (C=O) groups excluding carboxylic acids is 1. The molecule has 9 heteroatoms. The van der Waals surface area contributed by atoms with Crippen LogP contribution in [0.1, 0.15) is 38.2 Å². The first kappa shape index (κ1) is 28.8. The number of hydrogen-bond donors (Lipinski definition) is 1. The van der Waals surface area contributed by atoms with Crippen LogP contribution in [0.25, 0.3) is 16.6 Å². The van der Waals surface area contributed by atoms with Gasteiger partial charge in [-0.05, 0) is 61.8 Å². The molecule has 3 fully saturated rings. The van der Waals surface area contributed by atoms with Gasteiger partial charge < -0.3 is 24.6 Å². The van der Waals surface area contributed by atoms with E-state index >= 15 is 0 Å². The number of aliphatic hydroxyl groups excluding tert-OH is 1. The number of hydrogen-bond acceptors (Lipinski definition) is 7. The molecule has 6 rings (SSSR count). The molecule has 1 atom stereocenters. The van der Waals surface area contributed by atoms with E-state index in [4.69, 9.17) is 4.74 Å². The molecule has 3 aromatic rings. The predicted molar refractivity (Wildman–Crippen MR) is 166 cm³/mol. The Morgan fingerprint density at radius 1 is 1.10 bits per heavy atom. The number of piperidine rings is 1. The molecule has 1 saturated carbocycles. The highest BCUT2D eigenvalue weighted by Gasteiger charge is 2.38. The van der Waals surface area contributed by atoms with Gasteiger partial charge in [0.05, 0.1) is 23.4 Å². The van der Waals surface area contributed by atoms with Gasteiger partial charge >= 0.3 is 0 Å². The van der Waals surface area contributed by atoms with Crippen molar-refractivity contribution in [3.63, 3.8) is 0 Å². The smallest absolute Gasteiger partial charge is 0.225 e. The van der Waals surface area contributed by atoms with E-state index in [1.807, 2.05) is 28.9 Å². The van der Waals surface area contributed by atoms with Crippen molar-refractivity contribution >= 4 is 23.3 Å². The number of fused-ring (bicyclic) bond motifs is 1. The molecule has 1 N–H and O–H groups in total. The van der Waals surface area contributed by atoms with E-state index in [0.29, 0.717) is 11.8 Å². The lowest BCUT2D eigenvalue weighted by Gasteiger charge is -2.43. The van der Waals surface area contributed by atoms with E-state index in [-0.39, 0.29) is 24.2 Å². The molecule has 0 unspecified atom stereocenters. The van der Waals surface area contributed by atoms with Gasteiger partial charge in [-0.15, -0.1) is 0 Å². The number of anilines is 1. The standard InChI is InChI=1S/C33H44N6O3/c1-24(23-40)36-12-9-33(42-3,10-13-36)29-6-4-26(5-7-29)28-20-31-30(8-11-35-39(31)22-28)37-14-16-38(17-15-37)32(41)27-18-25(19-27)21-34-2/h4-8,11,20-22,24-25,27,40H,9-10,12-19,23H2,1-3H3/t24-,25-,27-/m0/s1. The molecule has 2 saturated heterocycles. The fourth-order valence-corrected chi connectivity index (χ4v) is 7.07. The Morgan fingerprint density at radius 3 is 2.45 bits per heavy atom. The number of likely N-dealkylation sites (tertiary alicyclic amines) is 1. The minimum Gasteiger partial charge on any atom is -0.395 e. The molecule has 0 spiro atoms. The lowest BCUT2D eigenvalue weighted by molar-refractivity contribution is -0.139. The Balaban J connectivity index is 1.13. The van der Waals surface area contributed by atoms with Gasteiger partial charge in [0.2, 0.25) is 5.91 Å². The monoisotopic (exact) mass is 572 g/mol. The lowest BCUT2D eigenvalue weighted by Crippen LogP contribution is -2.52. The van der Waals surface area contributed by atoms with Gasteiger partial charge in [-0.1, -0.05) is 24.3 Å².